The highest BCUT2D eigenvalue weighted by molar-refractivity contribution is 5.84. The Labute approximate surface area is 101 Å². The second kappa shape index (κ2) is 4.85. The molecule has 92 valence electrons. The van der Waals surface area contributed by atoms with Gasteiger partial charge in [0.05, 0.1) is 25.9 Å². The van der Waals surface area contributed by atoms with Crippen molar-refractivity contribution in [1.82, 2.24) is 5.32 Å². The minimum Gasteiger partial charge on any atom is -0.395 e. The van der Waals surface area contributed by atoms with Gasteiger partial charge < -0.3 is 15.2 Å². The minimum absolute atomic E-state index is 0.0623. The van der Waals surface area contributed by atoms with E-state index in [0.717, 1.165) is 5.56 Å². The van der Waals surface area contributed by atoms with Crippen molar-refractivity contribution in [2.45, 2.75) is 13.0 Å². The summed E-state index contributed by atoms with van der Waals surface area (Å²) in [6.07, 6.45) is 0. The number of rotatable bonds is 4. The number of aliphatic hydroxyl groups excluding tert-OH is 1. The molecule has 0 aliphatic carbocycles. The fourth-order valence-electron chi connectivity index (χ4n) is 1.82. The van der Waals surface area contributed by atoms with Gasteiger partial charge in [0.15, 0.2) is 0 Å². The van der Waals surface area contributed by atoms with Crippen molar-refractivity contribution in [2.75, 3.05) is 19.8 Å². The lowest BCUT2D eigenvalue weighted by Crippen LogP contribution is -2.56. The van der Waals surface area contributed by atoms with E-state index in [4.69, 9.17) is 4.74 Å². The molecule has 1 aliphatic heterocycles. The van der Waals surface area contributed by atoms with Crippen molar-refractivity contribution in [3.8, 4) is 0 Å². The summed E-state index contributed by atoms with van der Waals surface area (Å²) >= 11 is 0. The van der Waals surface area contributed by atoms with Gasteiger partial charge in [0.1, 0.15) is 5.41 Å². The first-order valence-corrected chi connectivity index (χ1v) is 5.72. The van der Waals surface area contributed by atoms with Gasteiger partial charge in [-0.3, -0.25) is 4.79 Å². The number of hydrogen-bond acceptors (Lipinski definition) is 3. The normalized spacial score (nSPS) is 19.2. The van der Waals surface area contributed by atoms with Crippen molar-refractivity contribution >= 4 is 5.91 Å². The van der Waals surface area contributed by atoms with Crippen LogP contribution >= 0.6 is 0 Å². The summed E-state index contributed by atoms with van der Waals surface area (Å²) in [7, 11) is 0. The number of carbonyl (C=O) groups excluding carboxylic acids is 1. The number of benzene rings is 1. The minimum atomic E-state index is -0.733. The van der Waals surface area contributed by atoms with Crippen molar-refractivity contribution in [3.05, 3.63) is 35.9 Å². The maximum Gasteiger partial charge on any atom is 0.233 e. The topological polar surface area (TPSA) is 58.6 Å². The van der Waals surface area contributed by atoms with Crippen molar-refractivity contribution in [1.29, 1.82) is 0 Å². The molecule has 1 heterocycles. The first kappa shape index (κ1) is 12.1. The molecule has 1 aromatic rings. The third kappa shape index (κ3) is 2.33. The average Bonchev–Trinajstić information content (AvgIpc) is 2.29. The van der Waals surface area contributed by atoms with Crippen LogP contribution in [0.4, 0.5) is 0 Å². The monoisotopic (exact) mass is 235 g/mol. The number of ether oxygens (including phenoxy) is 1. The maximum atomic E-state index is 12.0. The van der Waals surface area contributed by atoms with E-state index in [2.05, 4.69) is 5.32 Å². The Morgan fingerprint density at radius 1 is 1.47 bits per heavy atom. The van der Waals surface area contributed by atoms with Gasteiger partial charge in [0.2, 0.25) is 5.91 Å². The Morgan fingerprint density at radius 2 is 2.12 bits per heavy atom. The molecule has 0 spiro atoms. The third-order valence-corrected chi connectivity index (χ3v) is 3.19. The van der Waals surface area contributed by atoms with Crippen LogP contribution in [0.25, 0.3) is 0 Å². The molecule has 1 unspecified atom stereocenters. The molecule has 4 heteroatoms. The van der Waals surface area contributed by atoms with Crippen LogP contribution in [0, 0.1) is 5.41 Å². The Kier molecular flexibility index (Phi) is 3.45. The van der Waals surface area contributed by atoms with Gasteiger partial charge in [-0.15, -0.1) is 0 Å². The second-order valence-electron chi connectivity index (χ2n) is 4.54. The number of hydrogen-bond donors (Lipinski definition) is 2. The highest BCUT2D eigenvalue weighted by atomic mass is 16.5. The van der Waals surface area contributed by atoms with E-state index in [0.29, 0.717) is 13.2 Å². The lowest BCUT2D eigenvalue weighted by atomic mass is 9.85. The molecule has 0 radical (unpaired) electrons. The molecule has 2 N–H and O–H groups in total. The molecule has 1 fully saturated rings. The fourth-order valence-corrected chi connectivity index (χ4v) is 1.82. The van der Waals surface area contributed by atoms with E-state index in [1.165, 1.54) is 0 Å². The van der Waals surface area contributed by atoms with Crippen LogP contribution in [0.2, 0.25) is 0 Å². The molecule has 1 aromatic carbocycles. The van der Waals surface area contributed by atoms with Crippen molar-refractivity contribution in [2.24, 2.45) is 5.41 Å². The average molecular weight is 235 g/mol. The first-order valence-electron chi connectivity index (χ1n) is 5.72. The van der Waals surface area contributed by atoms with Crippen LogP contribution in [0.15, 0.2) is 30.3 Å². The van der Waals surface area contributed by atoms with Crippen LogP contribution < -0.4 is 5.32 Å². The SMILES string of the molecule is CC(NC(=O)C1(CO)COC1)c1ccccc1. The lowest BCUT2D eigenvalue weighted by Gasteiger charge is -2.38. The first-order chi connectivity index (χ1) is 8.18. The smallest absolute Gasteiger partial charge is 0.233 e. The predicted octanol–water partition coefficient (Wildman–Crippen LogP) is 0.873. The zero-order valence-electron chi connectivity index (χ0n) is 9.85. The number of amides is 1. The molecule has 0 saturated carbocycles. The molecule has 2 rings (SSSR count). The van der Waals surface area contributed by atoms with Crippen LogP contribution in [-0.2, 0) is 9.53 Å². The van der Waals surface area contributed by atoms with Gasteiger partial charge in [0, 0.05) is 0 Å². The zero-order chi connectivity index (χ0) is 12.3. The molecule has 1 saturated heterocycles. The third-order valence-electron chi connectivity index (χ3n) is 3.19. The maximum absolute atomic E-state index is 12.0. The fraction of sp³-hybridized carbons (Fsp3) is 0.462. The van der Waals surface area contributed by atoms with Crippen LogP contribution in [0.3, 0.4) is 0 Å². The molecular formula is C13H17NO3. The molecule has 1 amide bonds. The highest BCUT2D eigenvalue weighted by Gasteiger charge is 2.45. The van der Waals surface area contributed by atoms with Crippen molar-refractivity contribution < 1.29 is 14.6 Å². The van der Waals surface area contributed by atoms with E-state index in [1.54, 1.807) is 0 Å². The second-order valence-corrected chi connectivity index (χ2v) is 4.54. The standard InChI is InChI=1S/C13H17NO3/c1-10(11-5-3-2-4-6-11)14-12(16)13(7-15)8-17-9-13/h2-6,10,15H,7-9H2,1H3,(H,14,16). The summed E-state index contributed by atoms with van der Waals surface area (Å²) in [5.41, 5.74) is 0.317. The molecule has 17 heavy (non-hydrogen) atoms. The quantitative estimate of drug-likeness (QED) is 0.814. The van der Waals surface area contributed by atoms with Crippen LogP contribution in [0.1, 0.15) is 18.5 Å². The summed E-state index contributed by atoms with van der Waals surface area (Å²) in [6.45, 7) is 2.37. The largest absolute Gasteiger partial charge is 0.395 e. The lowest BCUT2D eigenvalue weighted by molar-refractivity contribution is -0.170. The number of aliphatic hydroxyl groups is 1. The van der Waals surface area contributed by atoms with E-state index in [1.807, 2.05) is 37.3 Å². The summed E-state index contributed by atoms with van der Waals surface area (Å²) < 4.78 is 5.02. The molecule has 4 nitrogen and oxygen atoms in total. The van der Waals surface area contributed by atoms with E-state index >= 15 is 0 Å². The Balaban J connectivity index is 1.99. The van der Waals surface area contributed by atoms with Gasteiger partial charge in [-0.05, 0) is 12.5 Å². The number of nitrogens with one attached hydrogen (secondary N) is 1. The summed E-state index contributed by atoms with van der Waals surface area (Å²) in [5, 5.41) is 12.2. The Bertz CT molecular complexity index is 381. The number of carbonyl (C=O) groups is 1. The van der Waals surface area contributed by atoms with Gasteiger partial charge in [-0.2, -0.15) is 0 Å². The Hall–Kier alpha value is -1.39. The van der Waals surface area contributed by atoms with Gasteiger partial charge in [-0.1, -0.05) is 30.3 Å². The Morgan fingerprint density at radius 3 is 2.59 bits per heavy atom. The molecule has 0 aromatic heterocycles. The summed E-state index contributed by atoms with van der Waals surface area (Å²) in [5.74, 6) is -0.136. The molecule has 0 bridgehead atoms. The van der Waals surface area contributed by atoms with E-state index in [9.17, 15) is 9.90 Å². The van der Waals surface area contributed by atoms with Crippen molar-refractivity contribution in [3.63, 3.8) is 0 Å². The molecule has 1 aliphatic rings. The molecule has 1 atom stereocenters. The zero-order valence-corrected chi connectivity index (χ0v) is 9.85. The van der Waals surface area contributed by atoms with Crippen LogP contribution in [0.5, 0.6) is 0 Å². The van der Waals surface area contributed by atoms with Crippen LogP contribution in [-0.4, -0.2) is 30.8 Å². The highest BCUT2D eigenvalue weighted by Crippen LogP contribution is 2.28. The predicted molar refractivity (Wildman–Crippen MR) is 63.3 cm³/mol. The van der Waals surface area contributed by atoms with Gasteiger partial charge in [-0.25, -0.2) is 0 Å². The summed E-state index contributed by atoms with van der Waals surface area (Å²) in [4.78, 5) is 12.0. The van der Waals surface area contributed by atoms with E-state index in [-0.39, 0.29) is 18.6 Å². The van der Waals surface area contributed by atoms with Gasteiger partial charge in [0.25, 0.3) is 0 Å². The summed E-state index contributed by atoms with van der Waals surface area (Å²) in [6, 6.07) is 9.68. The van der Waals surface area contributed by atoms with E-state index < -0.39 is 5.41 Å². The molecular weight excluding hydrogens is 218 g/mol. The van der Waals surface area contributed by atoms with Gasteiger partial charge >= 0.3 is 0 Å².